The zero-order valence-corrected chi connectivity index (χ0v) is 21.3. The van der Waals surface area contributed by atoms with Crippen LogP contribution in [0.4, 0.5) is 0 Å². The van der Waals surface area contributed by atoms with Crippen LogP contribution in [-0.2, 0) is 16.8 Å². The number of piperazine rings is 1. The topological polar surface area (TPSA) is 23.6 Å². The van der Waals surface area contributed by atoms with Crippen molar-refractivity contribution in [1.82, 2.24) is 9.80 Å². The second-order valence-electron chi connectivity index (χ2n) is 11.3. The minimum atomic E-state index is -0.00443. The first-order chi connectivity index (χ1) is 16.5. The van der Waals surface area contributed by atoms with Gasteiger partial charge in [-0.2, -0.15) is 0 Å². The third kappa shape index (κ3) is 4.18. The van der Waals surface area contributed by atoms with Crippen LogP contribution in [0.1, 0.15) is 49.7 Å². The minimum absolute atomic E-state index is 0.00443. The van der Waals surface area contributed by atoms with Crippen molar-refractivity contribution in [2.75, 3.05) is 26.2 Å². The molecule has 180 valence electrons. The van der Waals surface area contributed by atoms with Crippen LogP contribution in [0.2, 0.25) is 10.0 Å². The molecule has 0 N–H and O–H groups in total. The van der Waals surface area contributed by atoms with Crippen molar-refractivity contribution in [2.24, 2.45) is 23.7 Å². The lowest BCUT2D eigenvalue weighted by Gasteiger charge is -2.62. The van der Waals surface area contributed by atoms with Crippen LogP contribution in [0.3, 0.4) is 0 Å². The van der Waals surface area contributed by atoms with Crippen molar-refractivity contribution < 1.29 is 4.79 Å². The van der Waals surface area contributed by atoms with Gasteiger partial charge in [-0.3, -0.25) is 9.69 Å². The first kappa shape index (κ1) is 22.9. The molecule has 5 heteroatoms. The summed E-state index contributed by atoms with van der Waals surface area (Å²) >= 11 is 12.3. The number of halogens is 2. The predicted molar refractivity (Wildman–Crippen MR) is 138 cm³/mol. The lowest BCUT2D eigenvalue weighted by molar-refractivity contribution is -0.140. The Kier molecular flexibility index (Phi) is 6.16. The van der Waals surface area contributed by atoms with Crippen molar-refractivity contribution in [3.05, 3.63) is 69.7 Å². The quantitative estimate of drug-likeness (QED) is 0.476. The van der Waals surface area contributed by atoms with Crippen LogP contribution in [0.15, 0.2) is 48.5 Å². The number of rotatable bonds is 5. The molecule has 7 rings (SSSR count). The van der Waals surface area contributed by atoms with E-state index in [4.69, 9.17) is 23.2 Å². The Balaban J connectivity index is 1.17. The zero-order chi connectivity index (χ0) is 23.3. The molecule has 0 atom stereocenters. The number of carbonyl (C=O) groups excluding carboxylic acids is 1. The maximum Gasteiger partial charge on any atom is 0.223 e. The summed E-state index contributed by atoms with van der Waals surface area (Å²) in [6.07, 6.45) is 7.30. The molecule has 0 radical (unpaired) electrons. The number of hydrogen-bond donors (Lipinski definition) is 0. The summed E-state index contributed by atoms with van der Waals surface area (Å²) in [5, 5.41) is 1.56. The Morgan fingerprint density at radius 2 is 1.29 bits per heavy atom. The van der Waals surface area contributed by atoms with Crippen molar-refractivity contribution in [3.63, 3.8) is 0 Å². The molecule has 0 unspecified atom stereocenters. The van der Waals surface area contributed by atoms with Crippen LogP contribution in [0, 0.1) is 23.7 Å². The Morgan fingerprint density at radius 3 is 1.85 bits per heavy atom. The van der Waals surface area contributed by atoms with Gasteiger partial charge in [-0.15, -0.1) is 0 Å². The fourth-order valence-electron chi connectivity index (χ4n) is 8.01. The maximum absolute atomic E-state index is 13.8. The van der Waals surface area contributed by atoms with Gasteiger partial charge in [0.15, 0.2) is 0 Å². The van der Waals surface area contributed by atoms with E-state index in [1.807, 2.05) is 24.3 Å². The Bertz CT molecular complexity index is 999. The number of benzene rings is 2. The van der Waals surface area contributed by atoms with Crippen LogP contribution in [-0.4, -0.2) is 41.9 Å². The van der Waals surface area contributed by atoms with Gasteiger partial charge in [-0.1, -0.05) is 47.5 Å². The molecule has 5 aliphatic rings. The van der Waals surface area contributed by atoms with Crippen molar-refractivity contribution in [1.29, 1.82) is 0 Å². The summed E-state index contributed by atoms with van der Waals surface area (Å²) < 4.78 is 0. The van der Waals surface area contributed by atoms with E-state index in [0.29, 0.717) is 24.2 Å². The summed E-state index contributed by atoms with van der Waals surface area (Å²) in [6.45, 7) is 4.42. The minimum Gasteiger partial charge on any atom is -0.340 e. The largest absolute Gasteiger partial charge is 0.340 e. The molecule has 34 heavy (non-hydrogen) atoms. The van der Waals surface area contributed by atoms with Gasteiger partial charge in [0.1, 0.15) is 0 Å². The van der Waals surface area contributed by atoms with Crippen LogP contribution in [0.5, 0.6) is 0 Å². The van der Waals surface area contributed by atoms with Crippen molar-refractivity contribution in [2.45, 2.75) is 50.5 Å². The Morgan fingerprint density at radius 1 is 0.765 bits per heavy atom. The molecule has 4 bridgehead atoms. The predicted octanol–water partition coefficient (Wildman–Crippen LogP) is 6.42. The molecular weight excluding hydrogens is 463 g/mol. The van der Waals surface area contributed by atoms with Gasteiger partial charge in [0.05, 0.1) is 0 Å². The molecule has 1 heterocycles. The lowest BCUT2D eigenvalue weighted by Crippen LogP contribution is -2.58. The Labute approximate surface area is 213 Å². The van der Waals surface area contributed by atoms with Gasteiger partial charge in [-0.25, -0.2) is 0 Å². The molecule has 3 nitrogen and oxygen atoms in total. The van der Waals surface area contributed by atoms with Gasteiger partial charge < -0.3 is 4.90 Å². The average Bonchev–Trinajstić information content (AvgIpc) is 2.83. The van der Waals surface area contributed by atoms with Crippen molar-refractivity contribution >= 4 is 29.1 Å². The fourth-order valence-corrected chi connectivity index (χ4v) is 8.26. The molecule has 1 saturated heterocycles. The third-order valence-electron chi connectivity index (χ3n) is 9.46. The Hall–Kier alpha value is -1.55. The first-order valence-corrected chi connectivity index (χ1v) is 13.8. The molecule has 4 saturated carbocycles. The lowest BCUT2D eigenvalue weighted by atomic mass is 9.43. The standard InChI is InChI=1S/C29H34Cl2N2O/c30-26-5-1-20(2-6-26)19-32-9-11-33(12-10-32)28(34)18-29(23-3-7-27(31)8-4-23)24-14-21-13-22(16-24)17-25(29)15-21/h1-8,21-22,24-25H,9-19H2. The highest BCUT2D eigenvalue weighted by molar-refractivity contribution is 6.30. The number of hydrogen-bond acceptors (Lipinski definition) is 2. The van der Waals surface area contributed by atoms with E-state index < -0.39 is 0 Å². The van der Waals surface area contributed by atoms with E-state index in [1.54, 1.807) is 0 Å². The van der Waals surface area contributed by atoms with Gasteiger partial charge in [0.25, 0.3) is 0 Å². The highest BCUT2D eigenvalue weighted by Gasteiger charge is 2.58. The van der Waals surface area contributed by atoms with E-state index >= 15 is 0 Å². The normalized spacial score (nSPS) is 32.8. The summed E-state index contributed by atoms with van der Waals surface area (Å²) in [5.41, 5.74) is 2.63. The molecule has 2 aromatic carbocycles. The molecule has 2 aromatic rings. The first-order valence-electron chi connectivity index (χ1n) is 13.0. The SMILES string of the molecule is O=C(CC1(c2ccc(Cl)cc2)C2CC3CC(C2)CC1C3)N1CCN(Cc2ccc(Cl)cc2)CC1. The second-order valence-corrected chi connectivity index (χ2v) is 12.2. The van der Waals surface area contributed by atoms with Gasteiger partial charge in [-0.05, 0) is 91.2 Å². The summed E-state index contributed by atoms with van der Waals surface area (Å²) in [7, 11) is 0. The van der Waals surface area contributed by atoms with E-state index in [0.717, 1.165) is 54.6 Å². The van der Waals surface area contributed by atoms with Crippen LogP contribution < -0.4 is 0 Å². The van der Waals surface area contributed by atoms with Gasteiger partial charge in [0.2, 0.25) is 5.91 Å². The molecule has 1 amide bonds. The smallest absolute Gasteiger partial charge is 0.223 e. The average molecular weight is 498 g/mol. The van der Waals surface area contributed by atoms with Crippen molar-refractivity contribution in [3.8, 4) is 0 Å². The number of nitrogens with zero attached hydrogens (tertiary/aromatic N) is 2. The van der Waals surface area contributed by atoms with E-state index in [2.05, 4.69) is 34.1 Å². The zero-order valence-electron chi connectivity index (χ0n) is 19.8. The molecule has 1 aliphatic heterocycles. The van der Waals surface area contributed by atoms with Crippen LogP contribution >= 0.6 is 23.2 Å². The molecular formula is C29H34Cl2N2O. The number of carbonyl (C=O) groups is 1. The summed E-state index contributed by atoms with van der Waals surface area (Å²) in [5.74, 6) is 3.40. The van der Waals surface area contributed by atoms with Gasteiger partial charge in [0, 0.05) is 54.6 Å². The molecule has 0 aromatic heterocycles. The van der Waals surface area contributed by atoms with E-state index in [9.17, 15) is 4.79 Å². The molecule has 5 fully saturated rings. The third-order valence-corrected chi connectivity index (χ3v) is 9.97. The van der Waals surface area contributed by atoms with Crippen LogP contribution in [0.25, 0.3) is 0 Å². The fraction of sp³-hybridized carbons (Fsp3) is 0.552. The highest BCUT2D eigenvalue weighted by atomic mass is 35.5. The van der Waals surface area contributed by atoms with E-state index in [1.165, 1.54) is 43.2 Å². The summed E-state index contributed by atoms with van der Waals surface area (Å²) in [4.78, 5) is 18.4. The molecule has 0 spiro atoms. The van der Waals surface area contributed by atoms with E-state index in [-0.39, 0.29) is 5.41 Å². The monoisotopic (exact) mass is 496 g/mol. The summed E-state index contributed by atoms with van der Waals surface area (Å²) in [6, 6.07) is 16.6. The highest BCUT2D eigenvalue weighted by Crippen LogP contribution is 2.64. The maximum atomic E-state index is 13.8. The number of amides is 1. The van der Waals surface area contributed by atoms with Gasteiger partial charge >= 0.3 is 0 Å². The molecule has 4 aliphatic carbocycles. The second kappa shape index (κ2) is 9.15.